The molecule has 2 amide bonds. The molecule has 1 aromatic heterocycles. The molecule has 1 N–H and O–H groups in total. The zero-order chi connectivity index (χ0) is 22.7. The van der Waals surface area contributed by atoms with Crippen LogP contribution in [0.4, 0.5) is 10.1 Å². The first-order valence-corrected chi connectivity index (χ1v) is 10.8. The van der Waals surface area contributed by atoms with Crippen molar-refractivity contribution < 1.29 is 14.0 Å². The van der Waals surface area contributed by atoms with E-state index < -0.39 is 5.82 Å². The number of amides is 2. The highest BCUT2D eigenvalue weighted by Gasteiger charge is 2.29. The van der Waals surface area contributed by atoms with Gasteiger partial charge in [-0.1, -0.05) is 24.3 Å². The SMILES string of the molecule is Cc1cccc(NC(=O)c2ccc(C)nc2C2CCN(C(=O)c3ccccc3F)CC2)c1. The van der Waals surface area contributed by atoms with Gasteiger partial charge in [-0.25, -0.2) is 4.39 Å². The number of hydrogen-bond donors (Lipinski definition) is 1. The number of carbonyl (C=O) groups is 2. The van der Waals surface area contributed by atoms with Crippen LogP contribution in [0.5, 0.6) is 0 Å². The lowest BCUT2D eigenvalue weighted by molar-refractivity contribution is 0.0706. The van der Waals surface area contributed by atoms with Crippen LogP contribution in [0, 0.1) is 19.7 Å². The van der Waals surface area contributed by atoms with E-state index in [0.717, 1.165) is 22.6 Å². The predicted molar refractivity (Wildman–Crippen MR) is 122 cm³/mol. The number of benzene rings is 2. The Bertz CT molecular complexity index is 1150. The quantitative estimate of drug-likeness (QED) is 0.624. The first-order chi connectivity index (χ1) is 15.4. The van der Waals surface area contributed by atoms with Gasteiger partial charge in [-0.15, -0.1) is 0 Å². The van der Waals surface area contributed by atoms with Crippen LogP contribution in [0.2, 0.25) is 0 Å². The fraction of sp³-hybridized carbons (Fsp3) is 0.269. The maximum absolute atomic E-state index is 14.0. The van der Waals surface area contributed by atoms with Crippen molar-refractivity contribution in [3.05, 3.63) is 94.6 Å². The number of aryl methyl sites for hydroxylation is 2. The standard InChI is InChI=1S/C26H26FN3O2/c1-17-6-5-7-20(16-17)29-25(31)22-11-10-18(2)28-24(22)19-12-14-30(15-13-19)26(32)21-8-3-4-9-23(21)27/h3-11,16,19H,12-15H2,1-2H3,(H,29,31). The Balaban J connectivity index is 1.50. The molecule has 0 spiro atoms. The van der Waals surface area contributed by atoms with Crippen molar-refractivity contribution in [3.63, 3.8) is 0 Å². The molecule has 0 radical (unpaired) electrons. The van der Waals surface area contributed by atoms with Crippen molar-refractivity contribution in [3.8, 4) is 0 Å². The van der Waals surface area contributed by atoms with Gasteiger partial charge in [-0.3, -0.25) is 14.6 Å². The number of hydrogen-bond acceptors (Lipinski definition) is 3. The van der Waals surface area contributed by atoms with Crippen molar-refractivity contribution in [1.29, 1.82) is 0 Å². The Kier molecular flexibility index (Phi) is 6.30. The number of halogens is 1. The fourth-order valence-electron chi connectivity index (χ4n) is 4.16. The lowest BCUT2D eigenvalue weighted by Gasteiger charge is -2.32. The second kappa shape index (κ2) is 9.30. The van der Waals surface area contributed by atoms with Crippen LogP contribution in [-0.4, -0.2) is 34.8 Å². The zero-order valence-electron chi connectivity index (χ0n) is 18.3. The molecule has 2 aromatic carbocycles. The summed E-state index contributed by atoms with van der Waals surface area (Å²) in [6, 6.07) is 17.4. The molecule has 2 heterocycles. The van der Waals surface area contributed by atoms with E-state index in [1.165, 1.54) is 12.1 Å². The van der Waals surface area contributed by atoms with E-state index in [1.807, 2.05) is 50.2 Å². The number of anilines is 1. The van der Waals surface area contributed by atoms with Crippen LogP contribution >= 0.6 is 0 Å². The van der Waals surface area contributed by atoms with Gasteiger partial charge in [-0.2, -0.15) is 0 Å². The van der Waals surface area contributed by atoms with E-state index in [2.05, 4.69) is 5.32 Å². The van der Waals surface area contributed by atoms with Crippen LogP contribution in [0.25, 0.3) is 0 Å². The average Bonchev–Trinajstić information content (AvgIpc) is 2.79. The van der Waals surface area contributed by atoms with Crippen molar-refractivity contribution >= 4 is 17.5 Å². The number of nitrogens with zero attached hydrogens (tertiary/aromatic N) is 2. The van der Waals surface area contributed by atoms with E-state index in [9.17, 15) is 14.0 Å². The van der Waals surface area contributed by atoms with Crippen molar-refractivity contribution in [2.24, 2.45) is 0 Å². The molecule has 0 aliphatic carbocycles. The largest absolute Gasteiger partial charge is 0.339 e. The van der Waals surface area contributed by atoms with E-state index in [4.69, 9.17) is 4.98 Å². The molecule has 1 saturated heterocycles. The molecule has 4 rings (SSSR count). The first kappa shape index (κ1) is 21.7. The molecule has 0 saturated carbocycles. The number of piperidine rings is 1. The highest BCUT2D eigenvalue weighted by molar-refractivity contribution is 6.05. The minimum absolute atomic E-state index is 0.0535. The van der Waals surface area contributed by atoms with E-state index in [1.54, 1.807) is 17.0 Å². The van der Waals surface area contributed by atoms with E-state index in [-0.39, 0.29) is 23.3 Å². The molecule has 0 atom stereocenters. The van der Waals surface area contributed by atoms with Crippen LogP contribution in [-0.2, 0) is 0 Å². The molecule has 3 aromatic rings. The number of likely N-dealkylation sites (tertiary alicyclic amines) is 1. The summed E-state index contributed by atoms with van der Waals surface area (Å²) in [6.07, 6.45) is 1.34. The Labute approximate surface area is 187 Å². The summed E-state index contributed by atoms with van der Waals surface area (Å²) in [5, 5.41) is 2.97. The van der Waals surface area contributed by atoms with Gasteiger partial charge in [0.25, 0.3) is 11.8 Å². The van der Waals surface area contributed by atoms with Gasteiger partial charge in [0.2, 0.25) is 0 Å². The minimum atomic E-state index is -0.505. The lowest BCUT2D eigenvalue weighted by atomic mass is 9.89. The number of carbonyl (C=O) groups excluding carboxylic acids is 2. The maximum atomic E-state index is 14.0. The van der Waals surface area contributed by atoms with Crippen LogP contribution in [0.15, 0.2) is 60.7 Å². The van der Waals surface area contributed by atoms with Gasteiger partial charge in [0.05, 0.1) is 16.8 Å². The van der Waals surface area contributed by atoms with E-state index >= 15 is 0 Å². The third-order valence-electron chi connectivity index (χ3n) is 5.86. The molecule has 1 fully saturated rings. The molecule has 0 bridgehead atoms. The molecule has 6 heteroatoms. The van der Waals surface area contributed by atoms with Gasteiger partial charge < -0.3 is 10.2 Å². The smallest absolute Gasteiger partial charge is 0.257 e. The summed E-state index contributed by atoms with van der Waals surface area (Å²) in [7, 11) is 0. The Morgan fingerprint density at radius 2 is 1.72 bits per heavy atom. The Morgan fingerprint density at radius 1 is 0.969 bits per heavy atom. The highest BCUT2D eigenvalue weighted by atomic mass is 19.1. The molecule has 1 aliphatic rings. The van der Waals surface area contributed by atoms with Crippen molar-refractivity contribution in [1.82, 2.24) is 9.88 Å². The van der Waals surface area contributed by atoms with Gasteiger partial charge in [-0.05, 0) is 68.7 Å². The van der Waals surface area contributed by atoms with Crippen LogP contribution in [0.1, 0.15) is 56.4 Å². The molecule has 5 nitrogen and oxygen atoms in total. The summed E-state index contributed by atoms with van der Waals surface area (Å²) in [5.41, 5.74) is 4.06. The summed E-state index contributed by atoms with van der Waals surface area (Å²) in [6.45, 7) is 4.87. The second-order valence-corrected chi connectivity index (χ2v) is 8.26. The van der Waals surface area contributed by atoms with Crippen molar-refractivity contribution in [2.45, 2.75) is 32.6 Å². The number of pyridine rings is 1. The minimum Gasteiger partial charge on any atom is -0.339 e. The third-order valence-corrected chi connectivity index (χ3v) is 5.86. The molecular weight excluding hydrogens is 405 g/mol. The van der Waals surface area contributed by atoms with Gasteiger partial charge >= 0.3 is 0 Å². The molecule has 1 aliphatic heterocycles. The first-order valence-electron chi connectivity index (χ1n) is 10.8. The van der Waals surface area contributed by atoms with Gasteiger partial charge in [0, 0.05) is 30.4 Å². The average molecular weight is 432 g/mol. The second-order valence-electron chi connectivity index (χ2n) is 8.26. The Morgan fingerprint density at radius 3 is 2.44 bits per heavy atom. The summed E-state index contributed by atoms with van der Waals surface area (Å²) in [5.74, 6) is -0.938. The normalized spacial score (nSPS) is 14.3. The van der Waals surface area contributed by atoms with Crippen LogP contribution in [0.3, 0.4) is 0 Å². The summed E-state index contributed by atoms with van der Waals surface area (Å²) < 4.78 is 14.0. The fourth-order valence-corrected chi connectivity index (χ4v) is 4.16. The van der Waals surface area contributed by atoms with Crippen molar-refractivity contribution in [2.75, 3.05) is 18.4 Å². The number of aromatic nitrogens is 1. The third kappa shape index (κ3) is 4.69. The maximum Gasteiger partial charge on any atom is 0.257 e. The highest BCUT2D eigenvalue weighted by Crippen LogP contribution is 2.30. The summed E-state index contributed by atoms with van der Waals surface area (Å²) in [4.78, 5) is 32.1. The number of nitrogens with one attached hydrogen (secondary N) is 1. The lowest BCUT2D eigenvalue weighted by Crippen LogP contribution is -2.38. The molecule has 164 valence electrons. The number of rotatable bonds is 4. The van der Waals surface area contributed by atoms with Gasteiger partial charge in [0.15, 0.2) is 0 Å². The van der Waals surface area contributed by atoms with Gasteiger partial charge in [0.1, 0.15) is 5.82 Å². The van der Waals surface area contributed by atoms with E-state index in [0.29, 0.717) is 31.5 Å². The molecule has 0 unspecified atom stereocenters. The van der Waals surface area contributed by atoms with Crippen LogP contribution < -0.4 is 5.32 Å². The zero-order valence-corrected chi connectivity index (χ0v) is 18.3. The monoisotopic (exact) mass is 431 g/mol. The predicted octanol–water partition coefficient (Wildman–Crippen LogP) is 5.11. The Hall–Kier alpha value is -3.54. The molecular formula is C26H26FN3O2. The summed E-state index contributed by atoms with van der Waals surface area (Å²) >= 11 is 0. The molecule has 32 heavy (non-hydrogen) atoms. The topological polar surface area (TPSA) is 62.3 Å².